The van der Waals surface area contributed by atoms with Crippen molar-refractivity contribution in [3.63, 3.8) is 0 Å². The summed E-state index contributed by atoms with van der Waals surface area (Å²) >= 11 is 0. The van der Waals surface area contributed by atoms with E-state index in [1.807, 2.05) is 33.9 Å². The second-order valence-electron chi connectivity index (χ2n) is 8.71. The van der Waals surface area contributed by atoms with E-state index in [1.54, 1.807) is 0 Å². The first-order valence-corrected chi connectivity index (χ1v) is 12.2. The van der Waals surface area contributed by atoms with Crippen molar-refractivity contribution in [3.8, 4) is 11.5 Å². The first kappa shape index (κ1) is 24.1. The lowest BCUT2D eigenvalue weighted by molar-refractivity contribution is -0.385. The standard InChI is InChI=1S/C20H31N2O7Si/c1-20(2,3)18(29-30(6)7)15-8-12(23)11-21(15)19(24)13-9-16(27-4)17(28-5)10-14(13)22(25)26/h9-10,12,15,18,23H,8,11H2,1-7H3/t12-,15+,18?/m1/s1. The van der Waals surface area contributed by atoms with E-state index < -0.39 is 32.0 Å². The van der Waals surface area contributed by atoms with Gasteiger partial charge in [0.2, 0.25) is 9.04 Å². The zero-order valence-electron chi connectivity index (χ0n) is 18.6. The van der Waals surface area contributed by atoms with Crippen molar-refractivity contribution in [1.29, 1.82) is 0 Å². The highest BCUT2D eigenvalue weighted by molar-refractivity contribution is 6.48. The van der Waals surface area contributed by atoms with E-state index in [2.05, 4.69) is 0 Å². The van der Waals surface area contributed by atoms with E-state index in [1.165, 1.54) is 31.3 Å². The van der Waals surface area contributed by atoms with Crippen LogP contribution in [0, 0.1) is 15.5 Å². The number of β-amino-alcohol motifs (C(OH)–C–C–N with tert-alkyl or cyclic N) is 1. The van der Waals surface area contributed by atoms with Crippen LogP contribution in [-0.4, -0.2) is 68.9 Å². The molecule has 1 aliphatic rings. The molecule has 0 aliphatic carbocycles. The minimum atomic E-state index is -1.09. The zero-order chi connectivity index (χ0) is 22.8. The number of aliphatic hydroxyl groups excluding tert-OH is 1. The fraction of sp³-hybridized carbons (Fsp3) is 0.650. The third-order valence-electron chi connectivity index (χ3n) is 5.08. The quantitative estimate of drug-likeness (QED) is 0.395. The molecule has 1 unspecified atom stereocenters. The Balaban J connectivity index is 2.53. The Morgan fingerprint density at radius 3 is 2.30 bits per heavy atom. The van der Waals surface area contributed by atoms with Gasteiger partial charge in [0.05, 0.1) is 43.5 Å². The smallest absolute Gasteiger partial charge is 0.286 e. The van der Waals surface area contributed by atoms with Gasteiger partial charge in [0.25, 0.3) is 11.6 Å². The number of rotatable bonds is 7. The van der Waals surface area contributed by atoms with Gasteiger partial charge in [-0.25, -0.2) is 0 Å². The lowest BCUT2D eigenvalue weighted by Crippen LogP contribution is -2.50. The van der Waals surface area contributed by atoms with Crippen molar-refractivity contribution in [2.75, 3.05) is 20.8 Å². The molecule has 1 fully saturated rings. The van der Waals surface area contributed by atoms with Crippen molar-refractivity contribution in [2.24, 2.45) is 5.41 Å². The summed E-state index contributed by atoms with van der Waals surface area (Å²) in [6.45, 7) is 10.2. The maximum absolute atomic E-state index is 13.5. The molecule has 1 radical (unpaired) electrons. The molecular formula is C20H31N2O7Si. The van der Waals surface area contributed by atoms with Crippen molar-refractivity contribution >= 4 is 20.6 Å². The van der Waals surface area contributed by atoms with Crippen LogP contribution < -0.4 is 9.47 Å². The van der Waals surface area contributed by atoms with Gasteiger partial charge in [0.15, 0.2) is 11.5 Å². The van der Waals surface area contributed by atoms with Gasteiger partial charge < -0.3 is 23.9 Å². The van der Waals surface area contributed by atoms with Crippen LogP contribution in [0.1, 0.15) is 37.6 Å². The highest BCUT2D eigenvalue weighted by atomic mass is 28.3. The molecule has 1 aromatic rings. The highest BCUT2D eigenvalue weighted by Gasteiger charge is 2.45. The van der Waals surface area contributed by atoms with Crippen LogP contribution >= 0.6 is 0 Å². The largest absolute Gasteiger partial charge is 0.493 e. The number of carbonyl (C=O) groups excluding carboxylic acids is 1. The molecule has 0 aromatic heterocycles. The van der Waals surface area contributed by atoms with Crippen LogP contribution in [0.3, 0.4) is 0 Å². The molecule has 0 bridgehead atoms. The normalized spacial score (nSPS) is 20.4. The highest BCUT2D eigenvalue weighted by Crippen LogP contribution is 2.38. The Morgan fingerprint density at radius 2 is 1.83 bits per heavy atom. The molecule has 1 N–H and O–H groups in total. The summed E-state index contributed by atoms with van der Waals surface area (Å²) in [5.41, 5.74) is -0.775. The molecule has 0 saturated carbocycles. The van der Waals surface area contributed by atoms with Gasteiger partial charge in [-0.1, -0.05) is 20.8 Å². The minimum Gasteiger partial charge on any atom is -0.493 e. The molecule has 10 heteroatoms. The van der Waals surface area contributed by atoms with Crippen LogP contribution in [0.2, 0.25) is 13.1 Å². The molecule has 1 aromatic carbocycles. The first-order valence-electron chi connectivity index (χ1n) is 9.77. The van der Waals surface area contributed by atoms with E-state index in [9.17, 15) is 20.0 Å². The summed E-state index contributed by atoms with van der Waals surface area (Å²) in [6, 6.07) is 2.10. The summed E-state index contributed by atoms with van der Waals surface area (Å²) < 4.78 is 16.6. The van der Waals surface area contributed by atoms with Crippen molar-refractivity contribution < 1.29 is 28.7 Å². The molecule has 167 valence electrons. The number of likely N-dealkylation sites (tertiary alicyclic amines) is 1. The van der Waals surface area contributed by atoms with Crippen LogP contribution in [0.5, 0.6) is 11.5 Å². The molecule has 1 amide bonds. The monoisotopic (exact) mass is 439 g/mol. The molecule has 2 rings (SSSR count). The molecule has 1 heterocycles. The fourth-order valence-electron chi connectivity index (χ4n) is 3.80. The topological polar surface area (TPSA) is 111 Å². The molecule has 3 atom stereocenters. The third kappa shape index (κ3) is 5.11. The Labute approximate surface area is 178 Å². The van der Waals surface area contributed by atoms with Gasteiger partial charge in [0.1, 0.15) is 5.56 Å². The zero-order valence-corrected chi connectivity index (χ0v) is 19.6. The van der Waals surface area contributed by atoms with Gasteiger partial charge >= 0.3 is 0 Å². The van der Waals surface area contributed by atoms with Crippen molar-refractivity contribution in [1.82, 2.24) is 4.90 Å². The van der Waals surface area contributed by atoms with Crippen LogP contribution in [0.4, 0.5) is 5.69 Å². The van der Waals surface area contributed by atoms with E-state index in [4.69, 9.17) is 13.9 Å². The van der Waals surface area contributed by atoms with E-state index in [-0.39, 0.29) is 40.8 Å². The molecule has 9 nitrogen and oxygen atoms in total. The van der Waals surface area contributed by atoms with E-state index >= 15 is 0 Å². The second-order valence-corrected chi connectivity index (χ2v) is 10.8. The Kier molecular flexibility index (Phi) is 7.48. The Bertz CT molecular complexity index is 794. The van der Waals surface area contributed by atoms with Crippen molar-refractivity contribution in [3.05, 3.63) is 27.8 Å². The lowest BCUT2D eigenvalue weighted by atomic mass is 9.83. The SMILES string of the molecule is COc1cc(C(=O)N2C[C@H](O)C[C@H]2C(O[Si](C)C)C(C)(C)C)c([N+](=O)[O-])cc1OC. The number of methoxy groups -OCH3 is 2. The number of nitro benzene ring substituents is 1. The minimum absolute atomic E-state index is 0.0838. The number of ether oxygens (including phenoxy) is 2. The summed E-state index contributed by atoms with van der Waals surface area (Å²) in [5.74, 6) is -0.152. The van der Waals surface area contributed by atoms with E-state index in [0.29, 0.717) is 6.42 Å². The van der Waals surface area contributed by atoms with Gasteiger partial charge in [-0.3, -0.25) is 14.9 Å². The number of aliphatic hydroxyl groups is 1. The number of nitro groups is 1. The van der Waals surface area contributed by atoms with Gasteiger partial charge in [0, 0.05) is 12.6 Å². The Hall–Kier alpha value is -2.17. The summed E-state index contributed by atoms with van der Waals surface area (Å²) in [5, 5.41) is 22.0. The molecule has 1 saturated heterocycles. The summed E-state index contributed by atoms with van der Waals surface area (Å²) in [7, 11) is 1.68. The van der Waals surface area contributed by atoms with Gasteiger partial charge in [-0.15, -0.1) is 0 Å². The van der Waals surface area contributed by atoms with Crippen LogP contribution in [0.15, 0.2) is 12.1 Å². The third-order valence-corrected chi connectivity index (χ3v) is 5.80. The maximum atomic E-state index is 13.5. The Morgan fingerprint density at radius 1 is 1.27 bits per heavy atom. The van der Waals surface area contributed by atoms with Gasteiger partial charge in [-0.05, 0) is 24.9 Å². The maximum Gasteiger partial charge on any atom is 0.286 e. The van der Waals surface area contributed by atoms with Crippen LogP contribution in [-0.2, 0) is 4.43 Å². The molecule has 30 heavy (non-hydrogen) atoms. The number of hydrogen-bond acceptors (Lipinski definition) is 7. The number of amides is 1. The molecule has 1 aliphatic heterocycles. The fourth-order valence-corrected chi connectivity index (χ4v) is 4.81. The molecular weight excluding hydrogens is 408 g/mol. The predicted octanol–water partition coefficient (Wildman–Crippen LogP) is 2.87. The second kappa shape index (κ2) is 9.32. The van der Waals surface area contributed by atoms with Gasteiger partial charge in [-0.2, -0.15) is 0 Å². The van der Waals surface area contributed by atoms with Crippen molar-refractivity contribution in [2.45, 2.75) is 58.5 Å². The van der Waals surface area contributed by atoms with Crippen LogP contribution in [0.25, 0.3) is 0 Å². The lowest BCUT2D eigenvalue weighted by Gasteiger charge is -2.40. The summed E-state index contributed by atoms with van der Waals surface area (Å²) in [6.07, 6.45) is -0.693. The average Bonchev–Trinajstić information content (AvgIpc) is 3.04. The first-order chi connectivity index (χ1) is 13.9. The number of benzene rings is 1. The summed E-state index contributed by atoms with van der Waals surface area (Å²) in [4.78, 5) is 26.0. The number of hydrogen-bond donors (Lipinski definition) is 1. The molecule has 0 spiro atoms. The van der Waals surface area contributed by atoms with E-state index in [0.717, 1.165) is 0 Å². The average molecular weight is 440 g/mol. The number of carbonyl (C=O) groups is 1. The predicted molar refractivity (Wildman–Crippen MR) is 113 cm³/mol. The number of nitrogens with zero attached hydrogens (tertiary/aromatic N) is 2.